The van der Waals surface area contributed by atoms with Crippen LogP contribution in [0.4, 0.5) is 0 Å². The lowest BCUT2D eigenvalue weighted by molar-refractivity contribution is -0.143. The molecule has 0 bridgehead atoms. The van der Waals surface area contributed by atoms with E-state index in [1.807, 2.05) is 0 Å². The first-order valence-electron chi connectivity index (χ1n) is 7.50. The van der Waals surface area contributed by atoms with Crippen molar-refractivity contribution in [2.24, 2.45) is 0 Å². The fraction of sp³-hybridized carbons (Fsp3) is 0.467. The Labute approximate surface area is 145 Å². The molecule has 0 saturated heterocycles. The maximum atomic E-state index is 12.3. The SMILES string of the molecule is COc1ccc(S(=O)(=O)NCCC(=O)NC2(C(=O)O)CC2)cc1OC. The Morgan fingerprint density at radius 2 is 1.84 bits per heavy atom. The van der Waals surface area contributed by atoms with Crippen LogP contribution in [-0.4, -0.2) is 51.7 Å². The molecule has 1 aliphatic carbocycles. The second-order valence-electron chi connectivity index (χ2n) is 5.60. The molecule has 1 amide bonds. The zero-order valence-electron chi connectivity index (χ0n) is 13.9. The summed E-state index contributed by atoms with van der Waals surface area (Å²) in [4.78, 5) is 22.7. The maximum absolute atomic E-state index is 12.3. The first-order chi connectivity index (χ1) is 11.7. The third-order valence-corrected chi connectivity index (χ3v) is 5.31. The summed E-state index contributed by atoms with van der Waals surface area (Å²) in [7, 11) is -1.01. The predicted octanol–water partition coefficient (Wildman–Crippen LogP) is 0.106. The van der Waals surface area contributed by atoms with Crippen LogP contribution in [0.25, 0.3) is 0 Å². The Balaban J connectivity index is 1.93. The fourth-order valence-corrected chi connectivity index (χ4v) is 3.26. The number of methoxy groups -OCH3 is 2. The summed E-state index contributed by atoms with van der Waals surface area (Å²) in [6.07, 6.45) is 0.596. The molecule has 1 aromatic rings. The van der Waals surface area contributed by atoms with Gasteiger partial charge in [-0.25, -0.2) is 17.9 Å². The summed E-state index contributed by atoms with van der Waals surface area (Å²) in [5, 5.41) is 11.4. The molecular formula is C15H20N2O7S. The molecule has 0 unspecified atom stereocenters. The second kappa shape index (κ2) is 7.28. The summed E-state index contributed by atoms with van der Waals surface area (Å²) in [5.74, 6) is -0.939. The number of nitrogens with one attached hydrogen (secondary N) is 2. The Bertz CT molecular complexity index is 772. The van der Waals surface area contributed by atoms with Crippen LogP contribution in [0.1, 0.15) is 19.3 Å². The molecule has 1 fully saturated rings. The Morgan fingerprint density at radius 1 is 1.20 bits per heavy atom. The molecule has 0 aromatic heterocycles. The highest BCUT2D eigenvalue weighted by Crippen LogP contribution is 2.35. The van der Waals surface area contributed by atoms with Crippen LogP contribution >= 0.6 is 0 Å². The number of aliphatic carboxylic acids is 1. The van der Waals surface area contributed by atoms with Gasteiger partial charge in [-0.2, -0.15) is 0 Å². The minimum absolute atomic E-state index is 0.0326. The first-order valence-corrected chi connectivity index (χ1v) is 8.98. The van der Waals surface area contributed by atoms with E-state index in [9.17, 15) is 18.0 Å². The molecule has 0 radical (unpaired) electrons. The molecule has 1 aliphatic rings. The van der Waals surface area contributed by atoms with Gasteiger partial charge in [0.25, 0.3) is 0 Å². The molecule has 138 valence electrons. The summed E-state index contributed by atoms with van der Waals surface area (Å²) in [6, 6.07) is 4.13. The second-order valence-corrected chi connectivity index (χ2v) is 7.37. The quantitative estimate of drug-likeness (QED) is 0.560. The average molecular weight is 372 g/mol. The fourth-order valence-electron chi connectivity index (χ4n) is 2.21. The number of hydrogen-bond donors (Lipinski definition) is 3. The topological polar surface area (TPSA) is 131 Å². The summed E-state index contributed by atoms with van der Waals surface area (Å²) in [5.41, 5.74) is -1.18. The Hall–Kier alpha value is -2.33. The Morgan fingerprint density at radius 3 is 2.36 bits per heavy atom. The number of hydrogen-bond acceptors (Lipinski definition) is 6. The van der Waals surface area contributed by atoms with E-state index < -0.39 is 27.4 Å². The van der Waals surface area contributed by atoms with Crippen molar-refractivity contribution in [1.29, 1.82) is 0 Å². The lowest BCUT2D eigenvalue weighted by atomic mass is 10.2. The smallest absolute Gasteiger partial charge is 0.329 e. The van der Waals surface area contributed by atoms with Gasteiger partial charge >= 0.3 is 5.97 Å². The van der Waals surface area contributed by atoms with Crippen molar-refractivity contribution >= 4 is 21.9 Å². The monoisotopic (exact) mass is 372 g/mol. The Kier molecular flexibility index (Phi) is 5.53. The van der Waals surface area contributed by atoms with E-state index in [-0.39, 0.29) is 23.6 Å². The van der Waals surface area contributed by atoms with E-state index in [0.29, 0.717) is 18.6 Å². The van der Waals surface area contributed by atoms with E-state index in [2.05, 4.69) is 10.0 Å². The van der Waals surface area contributed by atoms with Gasteiger partial charge in [-0.05, 0) is 25.0 Å². The van der Waals surface area contributed by atoms with Crippen molar-refractivity contribution < 1.29 is 32.6 Å². The average Bonchev–Trinajstić information content (AvgIpc) is 3.34. The molecule has 1 saturated carbocycles. The van der Waals surface area contributed by atoms with Gasteiger partial charge in [-0.15, -0.1) is 0 Å². The van der Waals surface area contributed by atoms with Crippen LogP contribution in [-0.2, 0) is 19.6 Å². The summed E-state index contributed by atoms with van der Waals surface area (Å²) < 4.78 is 36.9. The molecule has 1 aromatic carbocycles. The largest absolute Gasteiger partial charge is 0.493 e. The lowest BCUT2D eigenvalue weighted by Crippen LogP contribution is -2.44. The summed E-state index contributed by atoms with van der Waals surface area (Å²) >= 11 is 0. The minimum Gasteiger partial charge on any atom is -0.493 e. The van der Waals surface area contributed by atoms with E-state index in [1.54, 1.807) is 0 Å². The minimum atomic E-state index is -3.84. The number of sulfonamides is 1. The zero-order valence-corrected chi connectivity index (χ0v) is 14.7. The first kappa shape index (κ1) is 19.0. The lowest BCUT2D eigenvalue weighted by Gasteiger charge is -2.13. The van der Waals surface area contributed by atoms with E-state index >= 15 is 0 Å². The third-order valence-electron chi connectivity index (χ3n) is 3.85. The molecule has 0 spiro atoms. The number of carbonyl (C=O) groups excluding carboxylic acids is 1. The van der Waals surface area contributed by atoms with Crippen LogP contribution in [0.5, 0.6) is 11.5 Å². The third kappa shape index (κ3) is 4.40. The molecule has 9 nitrogen and oxygen atoms in total. The molecule has 3 N–H and O–H groups in total. The predicted molar refractivity (Wildman–Crippen MR) is 87.1 cm³/mol. The van der Waals surface area contributed by atoms with Crippen LogP contribution in [0.3, 0.4) is 0 Å². The van der Waals surface area contributed by atoms with Crippen molar-refractivity contribution in [3.8, 4) is 11.5 Å². The molecule has 25 heavy (non-hydrogen) atoms. The van der Waals surface area contributed by atoms with Gasteiger partial charge in [0, 0.05) is 19.0 Å². The standard InChI is InChI=1S/C15H20N2O7S/c1-23-11-4-3-10(9-12(11)24-2)25(21,22)16-8-5-13(18)17-15(6-7-15)14(19)20/h3-4,9,16H,5-8H2,1-2H3,(H,17,18)(H,19,20). The van der Waals surface area contributed by atoms with Gasteiger partial charge in [-0.3, -0.25) is 4.79 Å². The van der Waals surface area contributed by atoms with Crippen molar-refractivity contribution in [2.45, 2.75) is 29.7 Å². The number of carbonyl (C=O) groups is 2. The molecule has 2 rings (SSSR count). The molecule has 0 atom stereocenters. The number of ether oxygens (including phenoxy) is 2. The molecule has 0 aliphatic heterocycles. The number of amides is 1. The van der Waals surface area contributed by atoms with Gasteiger partial charge in [0.1, 0.15) is 5.54 Å². The van der Waals surface area contributed by atoms with Gasteiger partial charge < -0.3 is 19.9 Å². The van der Waals surface area contributed by atoms with Crippen molar-refractivity contribution in [2.75, 3.05) is 20.8 Å². The van der Waals surface area contributed by atoms with Crippen LogP contribution in [0, 0.1) is 0 Å². The number of benzene rings is 1. The van der Waals surface area contributed by atoms with Crippen LogP contribution in [0.15, 0.2) is 23.1 Å². The normalized spacial score (nSPS) is 15.3. The van der Waals surface area contributed by atoms with Crippen LogP contribution in [0.2, 0.25) is 0 Å². The number of carboxylic acids is 1. The number of rotatable bonds is 9. The van der Waals surface area contributed by atoms with Crippen LogP contribution < -0.4 is 19.5 Å². The van der Waals surface area contributed by atoms with Gasteiger partial charge in [-0.1, -0.05) is 0 Å². The highest BCUT2D eigenvalue weighted by molar-refractivity contribution is 7.89. The van der Waals surface area contributed by atoms with Crippen molar-refractivity contribution in [3.05, 3.63) is 18.2 Å². The zero-order chi connectivity index (χ0) is 18.7. The van der Waals surface area contributed by atoms with Gasteiger partial charge in [0.2, 0.25) is 15.9 Å². The highest BCUT2D eigenvalue weighted by Gasteiger charge is 2.51. The highest BCUT2D eigenvalue weighted by atomic mass is 32.2. The van der Waals surface area contributed by atoms with E-state index in [0.717, 1.165) is 0 Å². The van der Waals surface area contributed by atoms with E-state index in [4.69, 9.17) is 14.6 Å². The van der Waals surface area contributed by atoms with Crippen molar-refractivity contribution in [3.63, 3.8) is 0 Å². The number of carboxylic acid groups (broad SMARTS) is 1. The molecule has 10 heteroatoms. The van der Waals surface area contributed by atoms with E-state index in [1.165, 1.54) is 32.4 Å². The van der Waals surface area contributed by atoms with Gasteiger partial charge in [0.15, 0.2) is 11.5 Å². The maximum Gasteiger partial charge on any atom is 0.329 e. The molecular weight excluding hydrogens is 352 g/mol. The van der Waals surface area contributed by atoms with Crippen molar-refractivity contribution in [1.82, 2.24) is 10.0 Å². The summed E-state index contributed by atoms with van der Waals surface area (Å²) in [6.45, 7) is -0.155. The molecule has 0 heterocycles. The van der Waals surface area contributed by atoms with Gasteiger partial charge in [0.05, 0.1) is 19.1 Å².